The van der Waals surface area contributed by atoms with E-state index < -0.39 is 0 Å². The highest BCUT2D eigenvalue weighted by molar-refractivity contribution is 5.89. The van der Waals surface area contributed by atoms with Crippen LogP contribution in [0, 0.1) is 5.92 Å². The molecule has 5 heteroatoms. The van der Waals surface area contributed by atoms with E-state index >= 15 is 0 Å². The van der Waals surface area contributed by atoms with Crippen molar-refractivity contribution >= 4 is 11.8 Å². The van der Waals surface area contributed by atoms with Gasteiger partial charge in [-0.05, 0) is 27.4 Å². The number of carbonyl (C=O) groups excluding carboxylic acids is 2. The Labute approximate surface area is 110 Å². The first-order valence-electron chi connectivity index (χ1n) is 6.67. The van der Waals surface area contributed by atoms with Crippen LogP contribution in [0.25, 0.3) is 0 Å². The summed E-state index contributed by atoms with van der Waals surface area (Å²) in [5.41, 5.74) is 0. The first kappa shape index (κ1) is 15.0. The number of nitrogens with one attached hydrogen (secondary N) is 1. The first-order chi connectivity index (χ1) is 8.45. The molecule has 1 N–H and O–H groups in total. The minimum absolute atomic E-state index is 0.0102. The lowest BCUT2D eigenvalue weighted by molar-refractivity contribution is -0.130. The van der Waals surface area contributed by atoms with Crippen molar-refractivity contribution in [1.82, 2.24) is 15.1 Å². The Morgan fingerprint density at radius 2 is 2.22 bits per heavy atom. The lowest BCUT2D eigenvalue weighted by Gasteiger charge is -2.23. The van der Waals surface area contributed by atoms with Gasteiger partial charge in [-0.2, -0.15) is 0 Å². The van der Waals surface area contributed by atoms with Crippen molar-refractivity contribution in [1.29, 1.82) is 0 Å². The third-order valence-electron chi connectivity index (χ3n) is 3.51. The molecule has 0 spiro atoms. The molecule has 1 fully saturated rings. The van der Waals surface area contributed by atoms with Crippen LogP contribution in [0.2, 0.25) is 0 Å². The van der Waals surface area contributed by atoms with Crippen LogP contribution in [0.3, 0.4) is 0 Å². The summed E-state index contributed by atoms with van der Waals surface area (Å²) in [6.45, 7) is 6.12. The number of rotatable bonds is 6. The van der Waals surface area contributed by atoms with Crippen molar-refractivity contribution in [3.8, 4) is 0 Å². The Balaban J connectivity index is 2.40. The van der Waals surface area contributed by atoms with E-state index in [-0.39, 0.29) is 23.8 Å². The topological polar surface area (TPSA) is 52.7 Å². The van der Waals surface area contributed by atoms with E-state index in [4.69, 9.17) is 0 Å². The zero-order chi connectivity index (χ0) is 13.7. The molecule has 1 rings (SSSR count). The molecule has 0 radical (unpaired) electrons. The van der Waals surface area contributed by atoms with Crippen molar-refractivity contribution in [2.45, 2.75) is 32.7 Å². The number of hydrogen-bond donors (Lipinski definition) is 1. The summed E-state index contributed by atoms with van der Waals surface area (Å²) in [5.74, 6) is -0.0539. The van der Waals surface area contributed by atoms with Crippen molar-refractivity contribution in [3.05, 3.63) is 0 Å². The fraction of sp³-hybridized carbons (Fsp3) is 0.846. The maximum Gasteiger partial charge on any atom is 0.225 e. The minimum atomic E-state index is -0.173. The van der Waals surface area contributed by atoms with Gasteiger partial charge in [0.1, 0.15) is 0 Å². The molecule has 0 aromatic rings. The molecule has 104 valence electrons. The summed E-state index contributed by atoms with van der Waals surface area (Å²) >= 11 is 0. The predicted octanol–water partition coefficient (Wildman–Crippen LogP) is 0.311. The van der Waals surface area contributed by atoms with Crippen LogP contribution in [-0.2, 0) is 9.59 Å². The molecule has 18 heavy (non-hydrogen) atoms. The van der Waals surface area contributed by atoms with Gasteiger partial charge < -0.3 is 15.1 Å². The molecule has 5 nitrogen and oxygen atoms in total. The van der Waals surface area contributed by atoms with Crippen LogP contribution in [-0.4, -0.2) is 61.4 Å². The Morgan fingerprint density at radius 3 is 2.78 bits per heavy atom. The molecule has 1 aliphatic rings. The van der Waals surface area contributed by atoms with Crippen LogP contribution in [0.5, 0.6) is 0 Å². The van der Waals surface area contributed by atoms with Crippen molar-refractivity contribution < 1.29 is 9.59 Å². The summed E-state index contributed by atoms with van der Waals surface area (Å²) < 4.78 is 0. The lowest BCUT2D eigenvalue weighted by atomic mass is 10.1. The Morgan fingerprint density at radius 1 is 1.56 bits per heavy atom. The summed E-state index contributed by atoms with van der Waals surface area (Å²) in [6, 6.07) is 0.233. The second-order valence-electron chi connectivity index (χ2n) is 5.30. The minimum Gasteiger partial charge on any atom is -0.355 e. The second-order valence-corrected chi connectivity index (χ2v) is 5.30. The molecule has 1 saturated heterocycles. The fourth-order valence-corrected chi connectivity index (χ4v) is 2.10. The van der Waals surface area contributed by atoms with E-state index in [0.29, 0.717) is 19.5 Å². The van der Waals surface area contributed by atoms with E-state index in [1.165, 1.54) is 0 Å². The smallest absolute Gasteiger partial charge is 0.225 e. The largest absolute Gasteiger partial charge is 0.355 e. The van der Waals surface area contributed by atoms with Crippen LogP contribution in [0.1, 0.15) is 26.7 Å². The molecular weight excluding hydrogens is 230 g/mol. The highest BCUT2D eigenvalue weighted by Crippen LogP contribution is 2.21. The van der Waals surface area contributed by atoms with Gasteiger partial charge in [-0.1, -0.05) is 6.92 Å². The number of nitrogens with zero attached hydrogens (tertiary/aromatic N) is 2. The van der Waals surface area contributed by atoms with E-state index in [1.807, 2.05) is 30.8 Å². The van der Waals surface area contributed by atoms with E-state index in [9.17, 15) is 9.59 Å². The SMILES string of the molecule is CCC(C)N1CC(C(=O)NCCN(C)C)CC1=O. The van der Waals surface area contributed by atoms with E-state index in [0.717, 1.165) is 13.0 Å². The molecule has 2 amide bonds. The van der Waals surface area contributed by atoms with Gasteiger partial charge in [0.15, 0.2) is 0 Å². The molecule has 0 aromatic carbocycles. The molecule has 1 heterocycles. The maximum absolute atomic E-state index is 11.9. The van der Waals surface area contributed by atoms with Crippen LogP contribution < -0.4 is 5.32 Å². The van der Waals surface area contributed by atoms with Crippen LogP contribution in [0.4, 0.5) is 0 Å². The average molecular weight is 255 g/mol. The van der Waals surface area contributed by atoms with E-state index in [1.54, 1.807) is 0 Å². The maximum atomic E-state index is 11.9. The van der Waals surface area contributed by atoms with Gasteiger partial charge in [0, 0.05) is 32.1 Å². The Bertz CT molecular complexity index is 305. The molecule has 0 aromatic heterocycles. The van der Waals surface area contributed by atoms with Crippen molar-refractivity contribution in [3.63, 3.8) is 0 Å². The standard InChI is InChI=1S/C13H25N3O2/c1-5-10(2)16-9-11(8-12(16)17)13(18)14-6-7-15(3)4/h10-11H,5-9H2,1-4H3,(H,14,18). The molecule has 2 atom stereocenters. The number of amides is 2. The Kier molecular flexibility index (Phi) is 5.59. The monoisotopic (exact) mass is 255 g/mol. The lowest BCUT2D eigenvalue weighted by Crippen LogP contribution is -2.38. The molecular formula is C13H25N3O2. The molecule has 1 aliphatic heterocycles. The van der Waals surface area contributed by atoms with Gasteiger partial charge in [0.05, 0.1) is 5.92 Å². The van der Waals surface area contributed by atoms with Gasteiger partial charge >= 0.3 is 0 Å². The zero-order valence-corrected chi connectivity index (χ0v) is 11.9. The van der Waals surface area contributed by atoms with Gasteiger partial charge in [0.25, 0.3) is 0 Å². The number of likely N-dealkylation sites (N-methyl/N-ethyl adjacent to an activating group) is 1. The third kappa shape index (κ3) is 3.98. The molecule has 0 bridgehead atoms. The normalized spacial score (nSPS) is 21.5. The summed E-state index contributed by atoms with van der Waals surface area (Å²) in [7, 11) is 3.94. The molecule has 2 unspecified atom stereocenters. The van der Waals surface area contributed by atoms with Gasteiger partial charge in [-0.15, -0.1) is 0 Å². The highest BCUT2D eigenvalue weighted by Gasteiger charge is 2.35. The summed E-state index contributed by atoms with van der Waals surface area (Å²) in [6.07, 6.45) is 1.29. The second kappa shape index (κ2) is 6.73. The fourth-order valence-electron chi connectivity index (χ4n) is 2.10. The van der Waals surface area contributed by atoms with Crippen LogP contribution >= 0.6 is 0 Å². The number of carbonyl (C=O) groups is 2. The summed E-state index contributed by atoms with van der Waals surface area (Å²) in [4.78, 5) is 27.6. The van der Waals surface area contributed by atoms with Gasteiger partial charge in [0.2, 0.25) is 11.8 Å². The first-order valence-corrected chi connectivity index (χ1v) is 6.67. The quantitative estimate of drug-likeness (QED) is 0.743. The predicted molar refractivity (Wildman–Crippen MR) is 71.1 cm³/mol. The van der Waals surface area contributed by atoms with E-state index in [2.05, 4.69) is 12.2 Å². The van der Waals surface area contributed by atoms with Gasteiger partial charge in [-0.3, -0.25) is 9.59 Å². The summed E-state index contributed by atoms with van der Waals surface area (Å²) in [5, 5.41) is 2.89. The zero-order valence-electron chi connectivity index (χ0n) is 11.9. The molecule has 0 aliphatic carbocycles. The van der Waals surface area contributed by atoms with Crippen molar-refractivity contribution in [2.24, 2.45) is 5.92 Å². The third-order valence-corrected chi connectivity index (χ3v) is 3.51. The number of likely N-dealkylation sites (tertiary alicyclic amines) is 1. The Hall–Kier alpha value is -1.10. The van der Waals surface area contributed by atoms with Crippen LogP contribution in [0.15, 0.2) is 0 Å². The molecule has 0 saturated carbocycles. The number of hydrogen-bond acceptors (Lipinski definition) is 3. The highest BCUT2D eigenvalue weighted by atomic mass is 16.2. The van der Waals surface area contributed by atoms with Crippen molar-refractivity contribution in [2.75, 3.05) is 33.7 Å². The average Bonchev–Trinajstić information content (AvgIpc) is 2.70. The van der Waals surface area contributed by atoms with Gasteiger partial charge in [-0.25, -0.2) is 0 Å².